The van der Waals surface area contributed by atoms with Gasteiger partial charge in [0.05, 0.1) is 6.54 Å². The van der Waals surface area contributed by atoms with Crippen LogP contribution in [0.4, 0.5) is 11.5 Å². The van der Waals surface area contributed by atoms with Crippen molar-refractivity contribution in [1.29, 1.82) is 0 Å². The number of pyridine rings is 1. The molecule has 1 aromatic carbocycles. The summed E-state index contributed by atoms with van der Waals surface area (Å²) in [7, 11) is 0. The molecule has 1 saturated heterocycles. The quantitative estimate of drug-likeness (QED) is 0.227. The molecule has 2 aliphatic heterocycles. The molecule has 0 spiro atoms. The van der Waals surface area contributed by atoms with Gasteiger partial charge in [-0.25, -0.2) is 15.4 Å². The van der Waals surface area contributed by atoms with Gasteiger partial charge in [0.2, 0.25) is 0 Å². The summed E-state index contributed by atoms with van der Waals surface area (Å²) in [6, 6.07) is 8.15. The van der Waals surface area contributed by atoms with E-state index < -0.39 is 0 Å². The molecule has 3 heterocycles. The average Bonchev–Trinajstić information content (AvgIpc) is 3.38. The van der Waals surface area contributed by atoms with E-state index in [1.807, 2.05) is 18.2 Å². The molecule has 10 nitrogen and oxygen atoms in total. The smallest absolute Gasteiger partial charge is 0.151 e. The fourth-order valence-electron chi connectivity index (χ4n) is 5.70. The highest BCUT2D eigenvalue weighted by Gasteiger charge is 2.24. The zero-order valence-corrected chi connectivity index (χ0v) is 22.8. The van der Waals surface area contributed by atoms with E-state index in [9.17, 15) is 5.21 Å². The molecule has 5 N–H and O–H groups in total. The number of anilines is 2. The first-order chi connectivity index (χ1) is 19.1. The van der Waals surface area contributed by atoms with E-state index in [0.29, 0.717) is 18.8 Å². The van der Waals surface area contributed by atoms with Gasteiger partial charge in [0.15, 0.2) is 5.82 Å². The van der Waals surface area contributed by atoms with Crippen LogP contribution in [0.5, 0.6) is 5.75 Å². The molecule has 0 bridgehead atoms. The van der Waals surface area contributed by atoms with E-state index in [2.05, 4.69) is 45.3 Å². The lowest BCUT2D eigenvalue weighted by molar-refractivity contribution is 0.196. The number of aliphatic imine (C=N–C) groups is 2. The van der Waals surface area contributed by atoms with Crippen molar-refractivity contribution in [3.8, 4) is 16.9 Å². The third-order valence-corrected chi connectivity index (χ3v) is 8.03. The number of nitrogens with one attached hydrogen (secondary N) is 2. The maximum absolute atomic E-state index is 10.7. The van der Waals surface area contributed by atoms with E-state index in [4.69, 9.17) is 15.5 Å². The van der Waals surface area contributed by atoms with Crippen LogP contribution in [-0.2, 0) is 6.54 Å². The van der Waals surface area contributed by atoms with Crippen molar-refractivity contribution >= 4 is 24.6 Å². The Hall–Kier alpha value is -3.47. The molecule has 1 atom stereocenters. The van der Waals surface area contributed by atoms with Crippen LogP contribution in [-0.4, -0.2) is 60.4 Å². The van der Waals surface area contributed by atoms with Gasteiger partial charge in [-0.2, -0.15) is 5.17 Å². The molecular weight excluding hydrogens is 492 g/mol. The van der Waals surface area contributed by atoms with E-state index in [1.165, 1.54) is 24.8 Å². The number of ether oxygens (including phenoxy) is 1. The van der Waals surface area contributed by atoms with Crippen LogP contribution >= 0.6 is 0 Å². The minimum atomic E-state index is 0.132. The topological polar surface area (TPSA) is 124 Å². The number of hydrazine groups is 1. The van der Waals surface area contributed by atoms with Crippen molar-refractivity contribution < 1.29 is 9.94 Å². The fourth-order valence-corrected chi connectivity index (χ4v) is 5.70. The Labute approximate surface area is 230 Å². The Kier molecular flexibility index (Phi) is 8.75. The number of benzene rings is 1. The highest BCUT2D eigenvalue weighted by molar-refractivity contribution is 5.73. The third-order valence-electron chi connectivity index (χ3n) is 8.03. The van der Waals surface area contributed by atoms with Gasteiger partial charge in [-0.15, -0.1) is 0 Å². The van der Waals surface area contributed by atoms with Crippen LogP contribution in [0.3, 0.4) is 0 Å². The van der Waals surface area contributed by atoms with Gasteiger partial charge >= 0.3 is 0 Å². The number of fused-ring (bicyclic) bond motifs is 1. The van der Waals surface area contributed by atoms with Gasteiger partial charge in [0.25, 0.3) is 0 Å². The molecule has 2 aromatic rings. The van der Waals surface area contributed by atoms with Crippen LogP contribution in [0, 0.1) is 5.92 Å². The van der Waals surface area contributed by atoms with Gasteiger partial charge in [-0.05, 0) is 80.6 Å². The first kappa shape index (κ1) is 27.1. The predicted octanol–water partition coefficient (Wildman–Crippen LogP) is 4.13. The number of nitrogens with zero attached hydrogens (tertiary/aromatic N) is 5. The lowest BCUT2D eigenvalue weighted by Gasteiger charge is -2.29. The third kappa shape index (κ3) is 6.41. The number of hydrogen-bond acceptors (Lipinski definition) is 9. The Bertz CT molecular complexity index is 1210. The number of aromatic nitrogens is 1. The zero-order chi connectivity index (χ0) is 27.2. The first-order valence-electron chi connectivity index (χ1n) is 14.0. The van der Waals surface area contributed by atoms with Crippen LogP contribution in [0.1, 0.15) is 51.0 Å². The molecule has 3 aliphatic rings. The van der Waals surface area contributed by atoms with E-state index in [-0.39, 0.29) is 11.9 Å². The molecule has 5 rings (SSSR count). The fraction of sp³-hybridized carbons (Fsp3) is 0.483. The van der Waals surface area contributed by atoms with Crippen molar-refractivity contribution in [3.05, 3.63) is 47.4 Å². The van der Waals surface area contributed by atoms with Crippen molar-refractivity contribution in [2.24, 2.45) is 15.9 Å². The molecule has 2 fully saturated rings. The lowest BCUT2D eigenvalue weighted by Crippen LogP contribution is -2.44. The Morgan fingerprint density at radius 2 is 2.15 bits per heavy atom. The molecule has 1 unspecified atom stereocenters. The Balaban J connectivity index is 1.40. The maximum Gasteiger partial charge on any atom is 0.151 e. The van der Waals surface area contributed by atoms with E-state index >= 15 is 0 Å². The van der Waals surface area contributed by atoms with Crippen LogP contribution in [0.2, 0.25) is 0 Å². The maximum atomic E-state index is 10.7. The molecule has 10 heteroatoms. The minimum absolute atomic E-state index is 0.132. The van der Waals surface area contributed by atoms with Gasteiger partial charge in [0, 0.05) is 36.5 Å². The minimum Gasteiger partial charge on any atom is -0.491 e. The van der Waals surface area contributed by atoms with E-state index in [0.717, 1.165) is 78.2 Å². The molecule has 1 aliphatic carbocycles. The van der Waals surface area contributed by atoms with E-state index in [1.54, 1.807) is 12.5 Å². The molecule has 0 radical (unpaired) electrons. The molecule has 0 amide bonds. The zero-order valence-electron chi connectivity index (χ0n) is 22.8. The summed E-state index contributed by atoms with van der Waals surface area (Å²) in [5, 5.41) is 15.0. The number of rotatable bonds is 8. The van der Waals surface area contributed by atoms with Gasteiger partial charge in [-0.1, -0.05) is 19.4 Å². The Morgan fingerprint density at radius 3 is 2.90 bits per heavy atom. The summed E-state index contributed by atoms with van der Waals surface area (Å²) in [6.45, 7) is 9.56. The van der Waals surface area contributed by atoms with Crippen molar-refractivity contribution in [1.82, 2.24) is 20.6 Å². The second-order valence-electron chi connectivity index (χ2n) is 10.6. The Morgan fingerprint density at radius 1 is 1.31 bits per heavy atom. The first-order valence-corrected chi connectivity index (χ1v) is 14.0. The standard InChI is InChI=1S/C29H40N8O2/c1-3-20-4-6-21(7-5-20)29(34-19-31-2)36-12-13-39-27-9-8-22(14-24(27)18-36)23-15-26(28(30)33-16-23)37(38)35-25-10-11-32-17-25/h8-9,14-16,19-20,25,32,35,38H,2-7,10-13,17-18H2,1H3,(H2,30,33)/b29-21?,34-19-. The normalized spacial score (nSPS) is 21.4. The lowest BCUT2D eigenvalue weighted by atomic mass is 9.84. The second kappa shape index (κ2) is 12.6. The summed E-state index contributed by atoms with van der Waals surface area (Å²) < 4.78 is 6.15. The highest BCUT2D eigenvalue weighted by Crippen LogP contribution is 2.36. The van der Waals surface area contributed by atoms with Crippen LogP contribution in [0.15, 0.2) is 51.8 Å². The second-order valence-corrected chi connectivity index (χ2v) is 10.6. The molecule has 208 valence electrons. The number of allylic oxidation sites excluding steroid dienone is 1. The summed E-state index contributed by atoms with van der Waals surface area (Å²) in [6.07, 6.45) is 9.99. The van der Waals surface area contributed by atoms with Crippen LogP contribution in [0.25, 0.3) is 11.1 Å². The predicted molar refractivity (Wildman–Crippen MR) is 156 cm³/mol. The number of nitrogen functional groups attached to an aromatic ring is 1. The largest absolute Gasteiger partial charge is 0.491 e. The highest BCUT2D eigenvalue weighted by atomic mass is 16.5. The summed E-state index contributed by atoms with van der Waals surface area (Å²) in [5.74, 6) is 2.92. The molecule has 39 heavy (non-hydrogen) atoms. The average molecular weight is 533 g/mol. The van der Waals surface area contributed by atoms with Crippen molar-refractivity contribution in [2.75, 3.05) is 37.1 Å². The SMILES string of the molecule is C=N/C=N\C(=C1CCC(CC)CC1)N1CCOc2ccc(-c3cnc(N)c(N(O)NC4CCNC4)c3)cc2C1. The van der Waals surface area contributed by atoms with Crippen LogP contribution < -0.4 is 26.4 Å². The molecule has 1 aromatic heterocycles. The summed E-state index contributed by atoms with van der Waals surface area (Å²) in [4.78, 5) is 15.3. The monoisotopic (exact) mass is 532 g/mol. The van der Waals surface area contributed by atoms with Gasteiger partial charge in [0.1, 0.15) is 30.2 Å². The summed E-state index contributed by atoms with van der Waals surface area (Å²) in [5.41, 5.74) is 13.9. The van der Waals surface area contributed by atoms with Gasteiger partial charge in [-0.3, -0.25) is 10.2 Å². The molecular formula is C29H40N8O2. The van der Waals surface area contributed by atoms with Crippen molar-refractivity contribution in [3.63, 3.8) is 0 Å². The number of nitrogens with two attached hydrogens (primary N) is 1. The molecule has 1 saturated carbocycles. The van der Waals surface area contributed by atoms with Gasteiger partial charge < -0.3 is 20.7 Å². The van der Waals surface area contributed by atoms with Crippen molar-refractivity contribution in [2.45, 2.75) is 58.0 Å². The number of hydrogen-bond donors (Lipinski definition) is 4. The summed E-state index contributed by atoms with van der Waals surface area (Å²) >= 11 is 0.